The molecule has 214 valence electrons. The Morgan fingerprint density at radius 2 is 1.44 bits per heavy atom. The Labute approximate surface area is 224 Å². The van der Waals surface area contributed by atoms with Crippen LogP contribution in [0.15, 0.2) is 48.5 Å². The average Bonchev–Trinajstić information content (AvgIpc) is 2.88. The molecular weight excluding hydrogens is 522 g/mol. The summed E-state index contributed by atoms with van der Waals surface area (Å²) in [5, 5.41) is 13.0. The molecule has 0 aromatic heterocycles. The van der Waals surface area contributed by atoms with Crippen molar-refractivity contribution in [2.75, 3.05) is 13.1 Å². The van der Waals surface area contributed by atoms with Crippen LogP contribution in [0.4, 0.5) is 26.3 Å². The Morgan fingerprint density at radius 3 is 1.92 bits per heavy atom. The SMILES string of the molecule is CC(NC(=O)[C@]1(c2ccccc2)CC[C@@H](N2CCC(C)(O)CC2)CC1)c1cc(C(F)(F)F)cc(C(F)(F)F)c1. The second-order valence-corrected chi connectivity index (χ2v) is 11.2. The van der Waals surface area contributed by atoms with E-state index in [-0.39, 0.29) is 17.7 Å². The fourth-order valence-electron chi connectivity index (χ4n) is 5.88. The highest BCUT2D eigenvalue weighted by Gasteiger charge is 2.45. The normalized spacial score (nSPS) is 25.2. The second-order valence-electron chi connectivity index (χ2n) is 11.2. The Hall–Kier alpha value is -2.59. The summed E-state index contributed by atoms with van der Waals surface area (Å²) in [7, 11) is 0. The molecule has 2 fully saturated rings. The summed E-state index contributed by atoms with van der Waals surface area (Å²) in [6, 6.07) is 9.71. The van der Waals surface area contributed by atoms with E-state index in [0.29, 0.717) is 50.7 Å². The van der Waals surface area contributed by atoms with Crippen molar-refractivity contribution in [2.45, 2.75) is 87.8 Å². The van der Waals surface area contributed by atoms with Crippen LogP contribution in [0.2, 0.25) is 0 Å². The van der Waals surface area contributed by atoms with Gasteiger partial charge in [0.1, 0.15) is 0 Å². The molecule has 0 bridgehead atoms. The van der Waals surface area contributed by atoms with E-state index in [1.807, 2.05) is 37.3 Å². The molecule has 2 aromatic rings. The van der Waals surface area contributed by atoms with Gasteiger partial charge < -0.3 is 15.3 Å². The monoisotopic (exact) mass is 556 g/mol. The van der Waals surface area contributed by atoms with Crippen LogP contribution < -0.4 is 5.32 Å². The minimum atomic E-state index is -4.97. The van der Waals surface area contributed by atoms with E-state index in [2.05, 4.69) is 10.2 Å². The maximum Gasteiger partial charge on any atom is 0.416 e. The van der Waals surface area contributed by atoms with Gasteiger partial charge in [0.25, 0.3) is 0 Å². The second kappa shape index (κ2) is 10.8. The molecule has 1 aliphatic carbocycles. The van der Waals surface area contributed by atoms with Gasteiger partial charge >= 0.3 is 12.4 Å². The van der Waals surface area contributed by atoms with Gasteiger partial charge in [-0.1, -0.05) is 30.3 Å². The molecule has 2 aromatic carbocycles. The van der Waals surface area contributed by atoms with Crippen molar-refractivity contribution in [3.05, 3.63) is 70.8 Å². The van der Waals surface area contributed by atoms with Crippen LogP contribution in [0, 0.1) is 0 Å². The van der Waals surface area contributed by atoms with Crippen LogP contribution in [-0.4, -0.2) is 40.6 Å². The van der Waals surface area contributed by atoms with Gasteiger partial charge in [-0.15, -0.1) is 0 Å². The predicted octanol–water partition coefficient (Wildman–Crippen LogP) is 6.63. The number of amides is 1. The summed E-state index contributed by atoms with van der Waals surface area (Å²) in [4.78, 5) is 16.2. The van der Waals surface area contributed by atoms with E-state index in [9.17, 15) is 36.2 Å². The van der Waals surface area contributed by atoms with Gasteiger partial charge in [-0.2, -0.15) is 26.3 Å². The van der Waals surface area contributed by atoms with E-state index >= 15 is 0 Å². The fourth-order valence-corrected chi connectivity index (χ4v) is 5.88. The highest BCUT2D eigenvalue weighted by molar-refractivity contribution is 5.88. The van der Waals surface area contributed by atoms with Gasteiger partial charge in [-0.25, -0.2) is 0 Å². The third kappa shape index (κ3) is 6.60. The van der Waals surface area contributed by atoms with Crippen molar-refractivity contribution in [3.8, 4) is 0 Å². The molecule has 1 unspecified atom stereocenters. The highest BCUT2D eigenvalue weighted by atomic mass is 19.4. The number of halogens is 6. The molecule has 4 nitrogen and oxygen atoms in total. The highest BCUT2D eigenvalue weighted by Crippen LogP contribution is 2.43. The molecule has 1 amide bonds. The van der Waals surface area contributed by atoms with Gasteiger partial charge in [0.15, 0.2) is 0 Å². The van der Waals surface area contributed by atoms with Crippen LogP contribution in [0.5, 0.6) is 0 Å². The zero-order valence-corrected chi connectivity index (χ0v) is 22.0. The van der Waals surface area contributed by atoms with E-state index < -0.39 is 46.4 Å². The number of hydrogen-bond donors (Lipinski definition) is 2. The lowest BCUT2D eigenvalue weighted by molar-refractivity contribution is -0.143. The Bertz CT molecular complexity index is 1110. The smallest absolute Gasteiger partial charge is 0.390 e. The van der Waals surface area contributed by atoms with Crippen molar-refractivity contribution >= 4 is 5.91 Å². The zero-order chi connectivity index (χ0) is 28.6. The van der Waals surface area contributed by atoms with Crippen LogP contribution in [0.25, 0.3) is 0 Å². The maximum absolute atomic E-state index is 13.8. The van der Waals surface area contributed by atoms with Gasteiger partial charge in [-0.3, -0.25) is 4.79 Å². The number of alkyl halides is 6. The van der Waals surface area contributed by atoms with Gasteiger partial charge in [0, 0.05) is 19.1 Å². The number of aliphatic hydroxyl groups is 1. The Morgan fingerprint density at radius 1 is 0.923 bits per heavy atom. The number of rotatable bonds is 5. The number of piperidine rings is 1. The summed E-state index contributed by atoms with van der Waals surface area (Å²) < 4.78 is 80.4. The van der Waals surface area contributed by atoms with E-state index in [0.717, 1.165) is 18.7 Å². The fraction of sp³-hybridized carbons (Fsp3) is 0.552. The lowest BCUT2D eigenvalue weighted by Gasteiger charge is -2.46. The first kappa shape index (κ1) is 29.4. The molecule has 2 aliphatic rings. The van der Waals surface area contributed by atoms with Crippen molar-refractivity contribution in [1.29, 1.82) is 0 Å². The summed E-state index contributed by atoms with van der Waals surface area (Å²) in [6.45, 7) is 4.75. The van der Waals surface area contributed by atoms with E-state index in [1.165, 1.54) is 6.92 Å². The molecule has 2 N–H and O–H groups in total. The molecule has 1 heterocycles. The first-order valence-corrected chi connectivity index (χ1v) is 13.2. The predicted molar refractivity (Wildman–Crippen MR) is 135 cm³/mol. The number of likely N-dealkylation sites (tertiary alicyclic amines) is 1. The standard InChI is InChI=1S/C29H34F6N2O2/c1-19(20-16-22(28(30,31)32)18-23(17-20)29(33,34)35)36-25(38)27(21-6-4-3-5-7-21)10-8-24(9-11-27)37-14-12-26(2,39)13-15-37/h3-7,16-19,24,39H,8-15H2,1-2H3,(H,36,38)/t19?,24-,27-. The first-order valence-electron chi connectivity index (χ1n) is 13.2. The minimum Gasteiger partial charge on any atom is -0.390 e. The van der Waals surface area contributed by atoms with Gasteiger partial charge in [0.05, 0.1) is 28.2 Å². The Balaban J connectivity index is 1.57. The van der Waals surface area contributed by atoms with Crippen LogP contribution >= 0.6 is 0 Å². The third-order valence-corrected chi connectivity index (χ3v) is 8.42. The molecule has 0 radical (unpaired) electrons. The van der Waals surface area contributed by atoms with E-state index in [4.69, 9.17) is 0 Å². The molecule has 39 heavy (non-hydrogen) atoms. The van der Waals surface area contributed by atoms with Crippen molar-refractivity contribution in [1.82, 2.24) is 10.2 Å². The third-order valence-electron chi connectivity index (χ3n) is 8.42. The number of hydrogen-bond acceptors (Lipinski definition) is 3. The summed E-state index contributed by atoms with van der Waals surface area (Å²) in [5.41, 5.74) is -3.94. The van der Waals surface area contributed by atoms with Crippen molar-refractivity contribution in [3.63, 3.8) is 0 Å². The van der Waals surface area contributed by atoms with Crippen LogP contribution in [-0.2, 0) is 22.6 Å². The number of nitrogens with zero attached hydrogens (tertiary/aromatic N) is 1. The molecule has 4 rings (SSSR count). The molecular formula is C29H34F6N2O2. The number of carbonyl (C=O) groups is 1. The number of benzene rings is 2. The average molecular weight is 557 g/mol. The van der Waals surface area contributed by atoms with Crippen LogP contribution in [0.3, 0.4) is 0 Å². The number of nitrogens with one attached hydrogen (secondary N) is 1. The maximum atomic E-state index is 13.8. The van der Waals surface area contributed by atoms with E-state index in [1.54, 1.807) is 0 Å². The van der Waals surface area contributed by atoms with Gasteiger partial charge in [-0.05, 0) is 81.7 Å². The lowest BCUT2D eigenvalue weighted by Crippen LogP contribution is -2.52. The number of carbonyl (C=O) groups excluding carboxylic acids is 1. The summed E-state index contributed by atoms with van der Waals surface area (Å²) in [5.74, 6) is -0.410. The minimum absolute atomic E-state index is 0.0880. The molecule has 1 saturated carbocycles. The molecule has 10 heteroatoms. The lowest BCUT2D eigenvalue weighted by atomic mass is 9.67. The summed E-state index contributed by atoms with van der Waals surface area (Å²) >= 11 is 0. The molecule has 1 saturated heterocycles. The molecule has 1 aliphatic heterocycles. The van der Waals surface area contributed by atoms with Gasteiger partial charge in [0.2, 0.25) is 5.91 Å². The molecule has 1 atom stereocenters. The quantitative estimate of drug-likeness (QED) is 0.407. The Kier molecular flexibility index (Phi) is 8.11. The largest absolute Gasteiger partial charge is 0.416 e. The van der Waals surface area contributed by atoms with Crippen molar-refractivity contribution in [2.24, 2.45) is 0 Å². The first-order chi connectivity index (χ1) is 18.1. The molecule has 0 spiro atoms. The van der Waals surface area contributed by atoms with Crippen LogP contribution in [0.1, 0.15) is 80.7 Å². The topological polar surface area (TPSA) is 52.6 Å². The van der Waals surface area contributed by atoms with Crippen molar-refractivity contribution < 1.29 is 36.2 Å². The summed E-state index contributed by atoms with van der Waals surface area (Å²) in [6.07, 6.45) is -6.20. The zero-order valence-electron chi connectivity index (χ0n) is 22.0.